The van der Waals surface area contributed by atoms with Gasteiger partial charge in [0.1, 0.15) is 5.56 Å². The van der Waals surface area contributed by atoms with E-state index in [0.717, 1.165) is 5.69 Å². The second-order valence-corrected chi connectivity index (χ2v) is 4.60. The van der Waals surface area contributed by atoms with Crippen LogP contribution in [0.4, 0.5) is 0 Å². The minimum absolute atomic E-state index is 0.0784. The molecule has 1 N–H and O–H groups in total. The first kappa shape index (κ1) is 14.0. The lowest BCUT2D eigenvalue weighted by Crippen LogP contribution is -2.22. The number of hydrogen-bond donors (Lipinski definition) is 1. The van der Waals surface area contributed by atoms with E-state index in [4.69, 9.17) is 4.74 Å². The fraction of sp³-hybridized carbons (Fsp3) is 0.357. The smallest absolute Gasteiger partial charge is 0.344 e. The van der Waals surface area contributed by atoms with E-state index in [9.17, 15) is 9.59 Å². The highest BCUT2D eigenvalue weighted by Crippen LogP contribution is 2.05. The molecule has 0 fully saturated rings. The number of H-pyrrole nitrogens is 1. The summed E-state index contributed by atoms with van der Waals surface area (Å²) in [5.41, 5.74) is 1.03. The van der Waals surface area contributed by atoms with Crippen LogP contribution in [0.5, 0.6) is 0 Å². The summed E-state index contributed by atoms with van der Waals surface area (Å²) in [4.78, 5) is 26.2. The minimum Gasteiger partial charge on any atom is -0.462 e. The van der Waals surface area contributed by atoms with Crippen LogP contribution in [-0.4, -0.2) is 27.3 Å². The van der Waals surface area contributed by atoms with E-state index >= 15 is 0 Å². The van der Waals surface area contributed by atoms with Crippen molar-refractivity contribution in [2.45, 2.75) is 26.8 Å². The molecule has 0 saturated heterocycles. The molecular weight excluding hydrogens is 258 g/mol. The molecule has 0 bridgehead atoms. The van der Waals surface area contributed by atoms with Gasteiger partial charge in [-0.15, -0.1) is 0 Å². The summed E-state index contributed by atoms with van der Waals surface area (Å²) in [6.45, 7) is 4.42. The van der Waals surface area contributed by atoms with Crippen molar-refractivity contribution in [3.63, 3.8) is 0 Å². The highest BCUT2D eigenvalue weighted by Gasteiger charge is 2.15. The molecule has 6 heteroatoms. The zero-order valence-corrected chi connectivity index (χ0v) is 11.5. The Morgan fingerprint density at radius 3 is 2.90 bits per heavy atom. The predicted octanol–water partition coefficient (Wildman–Crippen LogP) is 1.44. The van der Waals surface area contributed by atoms with Crippen LogP contribution >= 0.6 is 0 Å². The normalized spacial score (nSPS) is 10.5. The molecule has 2 aromatic rings. The maximum absolute atomic E-state index is 11.9. The number of nitrogens with one attached hydrogen (secondary N) is 1. The molecule has 0 aliphatic rings. The van der Waals surface area contributed by atoms with Gasteiger partial charge in [0, 0.05) is 31.1 Å². The van der Waals surface area contributed by atoms with Gasteiger partial charge in [0.25, 0.3) is 5.56 Å². The number of carbonyl (C=O) groups excluding carboxylic acids is 1. The number of esters is 1. The van der Waals surface area contributed by atoms with Gasteiger partial charge in [-0.25, -0.2) is 4.79 Å². The Bertz CT molecular complexity index is 644. The molecule has 0 aliphatic carbocycles. The lowest BCUT2D eigenvalue weighted by Gasteiger charge is -2.07. The van der Waals surface area contributed by atoms with Crippen LogP contribution in [0.25, 0.3) is 0 Å². The molecule has 0 atom stereocenters. The molecule has 0 aliphatic heterocycles. The fourth-order valence-corrected chi connectivity index (χ4v) is 2.00. The average molecular weight is 275 g/mol. The third-order valence-electron chi connectivity index (χ3n) is 2.89. The number of ether oxygens (including phenoxy) is 1. The van der Waals surface area contributed by atoms with Gasteiger partial charge in [-0.3, -0.25) is 9.48 Å². The highest BCUT2D eigenvalue weighted by molar-refractivity contribution is 5.90. The predicted molar refractivity (Wildman–Crippen MR) is 73.7 cm³/mol. The minimum atomic E-state index is -0.579. The van der Waals surface area contributed by atoms with Crippen LogP contribution in [0.1, 0.15) is 28.0 Å². The Labute approximate surface area is 116 Å². The van der Waals surface area contributed by atoms with Gasteiger partial charge in [-0.05, 0) is 31.5 Å². The number of rotatable bonds is 5. The molecule has 106 valence electrons. The van der Waals surface area contributed by atoms with Crippen molar-refractivity contribution in [1.29, 1.82) is 0 Å². The Hall–Kier alpha value is -2.37. The molecule has 2 rings (SSSR count). The summed E-state index contributed by atoms with van der Waals surface area (Å²) in [7, 11) is 0. The van der Waals surface area contributed by atoms with Crippen molar-refractivity contribution in [3.05, 3.63) is 51.7 Å². The molecule has 0 spiro atoms. The third kappa shape index (κ3) is 3.34. The molecule has 0 radical (unpaired) electrons. The lowest BCUT2D eigenvalue weighted by molar-refractivity contribution is 0.0492. The molecule has 2 aromatic heterocycles. The summed E-state index contributed by atoms with van der Waals surface area (Å²) in [5, 5.41) is 4.05. The summed E-state index contributed by atoms with van der Waals surface area (Å²) in [5.74, 6) is -0.579. The number of pyridine rings is 1. The van der Waals surface area contributed by atoms with Crippen LogP contribution in [0.3, 0.4) is 0 Å². The topological polar surface area (TPSA) is 77.0 Å². The van der Waals surface area contributed by atoms with Crippen molar-refractivity contribution in [1.82, 2.24) is 14.8 Å². The molecule has 2 heterocycles. The average Bonchev–Trinajstić information content (AvgIpc) is 2.86. The molecule has 0 saturated carbocycles. The van der Waals surface area contributed by atoms with Crippen LogP contribution in [0.2, 0.25) is 0 Å². The van der Waals surface area contributed by atoms with E-state index in [1.165, 1.54) is 0 Å². The van der Waals surface area contributed by atoms with E-state index in [1.807, 2.05) is 12.3 Å². The summed E-state index contributed by atoms with van der Waals surface area (Å²) < 4.78 is 6.89. The van der Waals surface area contributed by atoms with E-state index in [-0.39, 0.29) is 12.2 Å². The van der Waals surface area contributed by atoms with Gasteiger partial charge in [-0.1, -0.05) is 0 Å². The number of nitrogens with zero attached hydrogens (tertiary/aromatic N) is 2. The van der Waals surface area contributed by atoms with Gasteiger partial charge in [-0.2, -0.15) is 5.10 Å². The standard InChI is InChI=1S/C14H17N3O3/c1-10-9-11(2)16-13(18)12(10)14(19)20-8-4-7-17-6-3-5-15-17/h3,5-6,9H,4,7-8H2,1-2H3,(H,16,18). The van der Waals surface area contributed by atoms with Crippen molar-refractivity contribution in [3.8, 4) is 0 Å². The Kier molecular flexibility index (Phi) is 4.34. The number of aromatic nitrogens is 3. The van der Waals surface area contributed by atoms with E-state index in [2.05, 4.69) is 10.1 Å². The van der Waals surface area contributed by atoms with E-state index in [0.29, 0.717) is 18.5 Å². The Morgan fingerprint density at radius 1 is 1.45 bits per heavy atom. The SMILES string of the molecule is Cc1cc(C)c(C(=O)OCCCn2cccn2)c(=O)[nH]1. The number of carbonyl (C=O) groups is 1. The maximum atomic E-state index is 11.9. The third-order valence-corrected chi connectivity index (χ3v) is 2.89. The molecule has 0 unspecified atom stereocenters. The van der Waals surface area contributed by atoms with Crippen molar-refractivity contribution >= 4 is 5.97 Å². The van der Waals surface area contributed by atoms with Crippen molar-refractivity contribution in [2.75, 3.05) is 6.61 Å². The maximum Gasteiger partial charge on any atom is 0.344 e. The molecular formula is C14H17N3O3. The Morgan fingerprint density at radius 2 is 2.25 bits per heavy atom. The molecule has 0 amide bonds. The first-order chi connectivity index (χ1) is 9.58. The van der Waals surface area contributed by atoms with Gasteiger partial charge in [0.2, 0.25) is 0 Å². The van der Waals surface area contributed by atoms with E-state index < -0.39 is 11.5 Å². The summed E-state index contributed by atoms with van der Waals surface area (Å²) in [6.07, 6.45) is 4.19. The van der Waals surface area contributed by atoms with Crippen LogP contribution < -0.4 is 5.56 Å². The lowest BCUT2D eigenvalue weighted by atomic mass is 10.1. The highest BCUT2D eigenvalue weighted by atomic mass is 16.5. The van der Waals surface area contributed by atoms with Gasteiger partial charge in [0.15, 0.2) is 0 Å². The largest absolute Gasteiger partial charge is 0.462 e. The van der Waals surface area contributed by atoms with Crippen molar-refractivity contribution < 1.29 is 9.53 Å². The zero-order valence-electron chi connectivity index (χ0n) is 11.5. The fourth-order valence-electron chi connectivity index (χ4n) is 2.00. The van der Waals surface area contributed by atoms with Gasteiger partial charge >= 0.3 is 5.97 Å². The van der Waals surface area contributed by atoms with Crippen molar-refractivity contribution in [2.24, 2.45) is 0 Å². The summed E-state index contributed by atoms with van der Waals surface area (Å²) >= 11 is 0. The first-order valence-electron chi connectivity index (χ1n) is 6.43. The van der Waals surface area contributed by atoms with Gasteiger partial charge < -0.3 is 9.72 Å². The first-order valence-corrected chi connectivity index (χ1v) is 6.43. The Balaban J connectivity index is 1.91. The number of aryl methyl sites for hydroxylation is 3. The second kappa shape index (κ2) is 6.18. The molecule has 6 nitrogen and oxygen atoms in total. The number of aromatic amines is 1. The number of hydrogen-bond acceptors (Lipinski definition) is 4. The van der Waals surface area contributed by atoms with Crippen LogP contribution in [0, 0.1) is 13.8 Å². The monoisotopic (exact) mass is 275 g/mol. The second-order valence-electron chi connectivity index (χ2n) is 4.60. The van der Waals surface area contributed by atoms with Gasteiger partial charge in [0.05, 0.1) is 6.61 Å². The molecule has 20 heavy (non-hydrogen) atoms. The summed E-state index contributed by atoms with van der Waals surface area (Å²) in [6, 6.07) is 3.59. The molecule has 0 aromatic carbocycles. The van der Waals surface area contributed by atoms with Crippen LogP contribution in [0.15, 0.2) is 29.3 Å². The van der Waals surface area contributed by atoms with Crippen LogP contribution in [-0.2, 0) is 11.3 Å². The quantitative estimate of drug-likeness (QED) is 0.661. The zero-order chi connectivity index (χ0) is 14.5. The van der Waals surface area contributed by atoms with E-state index in [1.54, 1.807) is 30.8 Å².